The number of ketones is 2. The Morgan fingerprint density at radius 3 is 2.14 bits per heavy atom. The average Bonchev–Trinajstić information content (AvgIpc) is 2.86. The van der Waals surface area contributed by atoms with Crippen LogP contribution in [0.1, 0.15) is 22.3 Å². The molecule has 236 valence electrons. The van der Waals surface area contributed by atoms with Crippen molar-refractivity contribution in [1.29, 1.82) is 0 Å². The number of carbonyl (C=O) groups is 4. The zero-order chi connectivity index (χ0) is 32.9. The van der Waals surface area contributed by atoms with E-state index < -0.39 is 80.3 Å². The van der Waals surface area contributed by atoms with E-state index in [9.17, 15) is 39.6 Å². The highest BCUT2D eigenvalue weighted by molar-refractivity contribution is 7.79. The van der Waals surface area contributed by atoms with Crippen LogP contribution in [0.2, 0.25) is 0 Å². The number of aliphatic hydroxyl groups is 3. The second kappa shape index (κ2) is 11.5. The van der Waals surface area contributed by atoms with E-state index in [-0.39, 0.29) is 29.7 Å². The fraction of sp³-hybridized carbons (Fsp3) is 0.440. The summed E-state index contributed by atoms with van der Waals surface area (Å²) in [5, 5.41) is 47.2. The number of aromatic hydroxyl groups is 1. The number of aliphatic hydroxyl groups excluding tert-OH is 2. The number of nitrogens with two attached hydrogens (primary N) is 1. The van der Waals surface area contributed by atoms with E-state index in [0.29, 0.717) is 11.3 Å². The molecule has 4 atom stereocenters. The largest absolute Gasteiger partial charge is 0.510 e. The van der Waals surface area contributed by atoms with Crippen LogP contribution in [-0.2, 0) is 31.1 Å². The molecule has 9 N–H and O–H groups in total. The zero-order valence-electron chi connectivity index (χ0n) is 23.6. The van der Waals surface area contributed by atoms with Crippen LogP contribution in [0.3, 0.4) is 0 Å². The summed E-state index contributed by atoms with van der Waals surface area (Å²) in [5.74, 6) is -7.47. The number of nitrogens with zero attached hydrogens (tertiary/aromatic N) is 2. The number of rotatable bonds is 4. The first-order chi connectivity index (χ1) is 19.7. The van der Waals surface area contributed by atoms with Crippen molar-refractivity contribution in [2.75, 3.05) is 45.5 Å². The molecule has 0 saturated heterocycles. The molecule has 2 unspecified atom stereocenters. The van der Waals surface area contributed by atoms with Crippen molar-refractivity contribution < 1.29 is 61.9 Å². The SMILES string of the molecule is COC(=O)Nc1cc(N(C)C)c2c(c1O)C(=O)C1=C(O)[C@]3(O)C(=O)C(C(N)=O)=C(O)[C@@H](N(C)C)C3CC1C2.O=S(=O)(O)O. The molecule has 2 amide bonds. The van der Waals surface area contributed by atoms with Crippen molar-refractivity contribution in [3.05, 3.63) is 39.9 Å². The fourth-order valence-corrected chi connectivity index (χ4v) is 5.95. The molecule has 0 spiro atoms. The van der Waals surface area contributed by atoms with Gasteiger partial charge in [0.25, 0.3) is 5.91 Å². The number of carbonyl (C=O) groups excluding carboxylic acids is 4. The lowest BCUT2D eigenvalue weighted by Gasteiger charge is -2.50. The van der Waals surface area contributed by atoms with Crippen LogP contribution >= 0.6 is 0 Å². The Morgan fingerprint density at radius 2 is 1.67 bits per heavy atom. The normalized spacial score (nSPS) is 24.8. The smallest absolute Gasteiger partial charge is 0.411 e. The van der Waals surface area contributed by atoms with Crippen LogP contribution in [0.4, 0.5) is 16.2 Å². The third-order valence-corrected chi connectivity index (χ3v) is 7.60. The second-order valence-electron chi connectivity index (χ2n) is 10.6. The number of amides is 2. The number of ether oxygens (including phenoxy) is 1. The van der Waals surface area contributed by atoms with Crippen molar-refractivity contribution >= 4 is 45.3 Å². The van der Waals surface area contributed by atoms with Gasteiger partial charge in [0.2, 0.25) is 5.78 Å². The number of Topliss-reactive ketones (excluding diaryl/α,β-unsaturated/α-hetero) is 2. The summed E-state index contributed by atoms with van der Waals surface area (Å²) in [7, 11) is 3.00. The lowest BCUT2D eigenvalue weighted by molar-refractivity contribution is -0.148. The lowest BCUT2D eigenvalue weighted by Crippen LogP contribution is -2.63. The Labute approximate surface area is 245 Å². The number of hydrogen-bond acceptors (Lipinski definition) is 13. The first kappa shape index (κ1) is 33.3. The van der Waals surface area contributed by atoms with Gasteiger partial charge in [0.1, 0.15) is 17.1 Å². The first-order valence-electron chi connectivity index (χ1n) is 12.4. The van der Waals surface area contributed by atoms with Gasteiger partial charge in [-0.3, -0.25) is 33.7 Å². The first-order valence-corrected chi connectivity index (χ1v) is 13.8. The fourth-order valence-electron chi connectivity index (χ4n) is 5.95. The lowest BCUT2D eigenvalue weighted by atomic mass is 9.58. The van der Waals surface area contributed by atoms with Crippen molar-refractivity contribution in [2.24, 2.45) is 17.6 Å². The number of methoxy groups -OCH3 is 1. The summed E-state index contributed by atoms with van der Waals surface area (Å²) in [5.41, 5.74) is 2.03. The molecule has 0 aromatic heterocycles. The van der Waals surface area contributed by atoms with Crippen molar-refractivity contribution in [3.8, 4) is 5.75 Å². The van der Waals surface area contributed by atoms with Gasteiger partial charge in [0.05, 0.1) is 24.4 Å². The topological polar surface area (TPSA) is 278 Å². The van der Waals surface area contributed by atoms with E-state index >= 15 is 0 Å². The highest BCUT2D eigenvalue weighted by Crippen LogP contribution is 2.53. The van der Waals surface area contributed by atoms with Gasteiger partial charge in [-0.15, -0.1) is 0 Å². The Balaban J connectivity index is 0.000000934. The quantitative estimate of drug-likeness (QED) is 0.121. The summed E-state index contributed by atoms with van der Waals surface area (Å²) in [6, 6.07) is 0.404. The standard InChI is InChI=1S/C25H30N4O9.H2O4S/c1-28(2)13-8-12(27-24(36)38-5)18(30)15-10(13)6-9-7-11-17(29(3)4)20(32)16(23(26)35)22(34)25(11,37)21(33)14(9)19(15)31;1-5(2,3)4/h8-9,11,17,30,32-33,37H,6-7H2,1-5H3,(H2,26,35)(H,27,36);(H2,1,2,3,4)/t9?,11?,17-,25-;/m0./s1. The van der Waals surface area contributed by atoms with Crippen LogP contribution in [0.15, 0.2) is 28.7 Å². The van der Waals surface area contributed by atoms with Crippen LogP contribution in [0, 0.1) is 11.8 Å². The summed E-state index contributed by atoms with van der Waals surface area (Å²) < 4.78 is 36.2. The molecule has 17 nitrogen and oxygen atoms in total. The van der Waals surface area contributed by atoms with Gasteiger partial charge >= 0.3 is 16.5 Å². The van der Waals surface area contributed by atoms with E-state index in [1.165, 1.54) is 11.0 Å². The number of hydrogen-bond donors (Lipinski definition) is 8. The predicted molar refractivity (Wildman–Crippen MR) is 148 cm³/mol. The minimum atomic E-state index is -4.67. The van der Waals surface area contributed by atoms with Gasteiger partial charge in [-0.05, 0) is 44.5 Å². The van der Waals surface area contributed by atoms with Gasteiger partial charge in [-0.2, -0.15) is 8.42 Å². The molecule has 3 aliphatic carbocycles. The Bertz CT molecular complexity index is 1570. The van der Waals surface area contributed by atoms with E-state index in [2.05, 4.69) is 10.1 Å². The van der Waals surface area contributed by atoms with Gasteiger partial charge in [-0.1, -0.05) is 0 Å². The van der Waals surface area contributed by atoms with E-state index in [4.69, 9.17) is 23.3 Å². The predicted octanol–water partition coefficient (Wildman–Crippen LogP) is -0.288. The number of fused-ring (bicyclic) bond motifs is 3. The minimum Gasteiger partial charge on any atom is -0.510 e. The molecule has 0 saturated carbocycles. The number of likely N-dealkylation sites (N-methyl/N-ethyl adjacent to an activating group) is 1. The average molecular weight is 629 g/mol. The van der Waals surface area contributed by atoms with Crippen molar-refractivity contribution in [2.45, 2.75) is 24.5 Å². The molecule has 0 aliphatic heterocycles. The van der Waals surface area contributed by atoms with E-state index in [1.807, 2.05) is 0 Å². The molecule has 1 aromatic carbocycles. The second-order valence-corrected chi connectivity index (χ2v) is 11.5. The van der Waals surface area contributed by atoms with Gasteiger partial charge in [-0.25, -0.2) is 4.79 Å². The minimum absolute atomic E-state index is 0.0262. The molecular formula is C25H32N4O13S. The number of primary amides is 1. The van der Waals surface area contributed by atoms with Crippen molar-refractivity contribution in [3.63, 3.8) is 0 Å². The molecule has 0 radical (unpaired) electrons. The monoisotopic (exact) mass is 628 g/mol. The summed E-state index contributed by atoms with van der Waals surface area (Å²) >= 11 is 0. The maximum absolute atomic E-state index is 13.9. The Kier molecular flexibility index (Phi) is 8.86. The number of allylic oxidation sites excluding steroid dienone is 1. The molecule has 43 heavy (non-hydrogen) atoms. The highest BCUT2D eigenvalue weighted by Gasteiger charge is 2.63. The number of benzene rings is 1. The molecular weight excluding hydrogens is 596 g/mol. The van der Waals surface area contributed by atoms with Crippen molar-refractivity contribution in [1.82, 2.24) is 4.90 Å². The number of phenolic OH excluding ortho intramolecular Hbond substituents is 1. The van der Waals surface area contributed by atoms with Gasteiger partial charge < -0.3 is 35.8 Å². The van der Waals surface area contributed by atoms with E-state index in [0.717, 1.165) is 7.11 Å². The summed E-state index contributed by atoms with van der Waals surface area (Å²) in [4.78, 5) is 54.3. The van der Waals surface area contributed by atoms with Crippen LogP contribution in [-0.4, -0.2) is 113 Å². The maximum Gasteiger partial charge on any atom is 0.411 e. The molecule has 3 aliphatic rings. The highest BCUT2D eigenvalue weighted by atomic mass is 32.3. The third kappa shape index (κ3) is 5.74. The Morgan fingerprint density at radius 1 is 1.12 bits per heavy atom. The van der Waals surface area contributed by atoms with Crippen LogP contribution in [0.5, 0.6) is 5.75 Å². The van der Waals surface area contributed by atoms with Crippen LogP contribution < -0.4 is 16.0 Å². The molecule has 18 heteroatoms. The molecule has 0 fully saturated rings. The summed E-state index contributed by atoms with van der Waals surface area (Å²) in [6.07, 6.45) is -0.800. The number of nitrogens with one attached hydrogen (secondary N) is 1. The van der Waals surface area contributed by atoms with E-state index in [1.54, 1.807) is 33.1 Å². The van der Waals surface area contributed by atoms with Gasteiger partial charge in [0.15, 0.2) is 17.1 Å². The zero-order valence-corrected chi connectivity index (χ0v) is 24.5. The molecule has 0 bridgehead atoms. The van der Waals surface area contributed by atoms with Gasteiger partial charge in [0, 0.05) is 31.3 Å². The number of phenols is 1. The molecule has 0 heterocycles. The molecule has 1 aromatic rings. The van der Waals surface area contributed by atoms with Crippen LogP contribution in [0.25, 0.3) is 0 Å². The Hall–Kier alpha value is -4.23. The number of anilines is 2. The molecule has 4 rings (SSSR count). The summed E-state index contributed by atoms with van der Waals surface area (Å²) in [6.45, 7) is 0. The third-order valence-electron chi connectivity index (χ3n) is 7.60. The maximum atomic E-state index is 13.9.